The maximum Gasteiger partial charge on any atom is 0.262 e. The van der Waals surface area contributed by atoms with E-state index >= 15 is 0 Å². The average Bonchev–Trinajstić information content (AvgIpc) is 2.29. The Morgan fingerprint density at radius 3 is 2.75 bits per heavy atom. The minimum Gasteiger partial charge on any atom is -0.332 e. The lowest BCUT2D eigenvalue weighted by molar-refractivity contribution is 0.704. The van der Waals surface area contributed by atoms with E-state index in [2.05, 4.69) is 11.9 Å². The lowest BCUT2D eigenvalue weighted by atomic mass is 10.1. The van der Waals surface area contributed by atoms with Crippen molar-refractivity contribution < 1.29 is 0 Å². The second kappa shape index (κ2) is 4.22. The summed E-state index contributed by atoms with van der Waals surface area (Å²) in [6.45, 7) is 4.59. The van der Waals surface area contributed by atoms with Gasteiger partial charge in [-0.25, -0.2) is 0 Å². The highest BCUT2D eigenvalue weighted by Gasteiger charge is 2.04. The molecule has 0 radical (unpaired) electrons. The van der Waals surface area contributed by atoms with Crippen LogP contribution in [0.5, 0.6) is 0 Å². The Morgan fingerprint density at radius 1 is 1.38 bits per heavy atom. The van der Waals surface area contributed by atoms with E-state index in [1.54, 1.807) is 4.57 Å². The number of H-pyrrole nitrogens is 1. The minimum absolute atomic E-state index is 0.00319. The molecule has 0 bridgehead atoms. The molecule has 2 rings (SSSR count). The van der Waals surface area contributed by atoms with Crippen molar-refractivity contribution in [2.75, 3.05) is 0 Å². The highest BCUT2D eigenvalue weighted by Crippen LogP contribution is 2.10. The minimum atomic E-state index is -0.00319. The number of rotatable bonds is 2. The first-order valence-electron chi connectivity index (χ1n) is 5.43. The van der Waals surface area contributed by atoms with Crippen LogP contribution in [0, 0.1) is 4.77 Å². The van der Waals surface area contributed by atoms with Crippen LogP contribution in [-0.4, -0.2) is 9.55 Å². The second-order valence-electron chi connectivity index (χ2n) is 3.71. The molecular formula is C12H14N2OS. The van der Waals surface area contributed by atoms with Crippen LogP contribution >= 0.6 is 12.2 Å². The van der Waals surface area contributed by atoms with Crippen LogP contribution in [0.15, 0.2) is 23.0 Å². The SMILES string of the molecule is CCc1ccc2[nH]c(=S)n(CC)c(=O)c2c1. The van der Waals surface area contributed by atoms with Gasteiger partial charge in [0, 0.05) is 6.54 Å². The smallest absolute Gasteiger partial charge is 0.262 e. The van der Waals surface area contributed by atoms with E-state index in [1.807, 2.05) is 25.1 Å². The Labute approximate surface area is 98.7 Å². The van der Waals surface area contributed by atoms with Gasteiger partial charge in [-0.3, -0.25) is 9.36 Å². The summed E-state index contributed by atoms with van der Waals surface area (Å²) < 4.78 is 2.07. The van der Waals surface area contributed by atoms with Crippen LogP contribution < -0.4 is 5.56 Å². The Kier molecular flexibility index (Phi) is 2.92. The number of aryl methyl sites for hydroxylation is 1. The van der Waals surface area contributed by atoms with Gasteiger partial charge in [0.05, 0.1) is 10.9 Å². The fraction of sp³-hybridized carbons (Fsp3) is 0.333. The number of aromatic nitrogens is 2. The van der Waals surface area contributed by atoms with Gasteiger partial charge in [-0.1, -0.05) is 13.0 Å². The predicted molar refractivity (Wildman–Crippen MR) is 68.4 cm³/mol. The predicted octanol–water partition coefficient (Wildman–Crippen LogP) is 2.64. The van der Waals surface area contributed by atoms with Crippen molar-refractivity contribution >= 4 is 23.1 Å². The first-order chi connectivity index (χ1) is 7.67. The zero-order valence-corrected chi connectivity index (χ0v) is 10.2. The number of benzene rings is 1. The Hall–Kier alpha value is -1.42. The van der Waals surface area contributed by atoms with Crippen molar-refractivity contribution in [3.05, 3.63) is 38.9 Å². The summed E-state index contributed by atoms with van der Waals surface area (Å²) in [6.07, 6.45) is 0.928. The molecule has 4 heteroatoms. The van der Waals surface area contributed by atoms with Gasteiger partial charge in [-0.05, 0) is 43.3 Å². The van der Waals surface area contributed by atoms with Gasteiger partial charge >= 0.3 is 0 Å². The molecule has 0 atom stereocenters. The largest absolute Gasteiger partial charge is 0.332 e. The van der Waals surface area contributed by atoms with Crippen LogP contribution in [0.4, 0.5) is 0 Å². The summed E-state index contributed by atoms with van der Waals surface area (Å²) in [6, 6.07) is 5.88. The molecule has 0 saturated heterocycles. The van der Waals surface area contributed by atoms with Gasteiger partial charge in [0.1, 0.15) is 0 Å². The summed E-state index contributed by atoms with van der Waals surface area (Å²) in [7, 11) is 0. The molecule has 0 saturated carbocycles. The third-order valence-electron chi connectivity index (χ3n) is 2.77. The molecule has 2 aromatic rings. The van der Waals surface area contributed by atoms with Crippen molar-refractivity contribution in [2.45, 2.75) is 26.8 Å². The standard InChI is InChI=1S/C12H14N2OS/c1-3-8-5-6-10-9(7-8)11(15)14(4-2)12(16)13-10/h5-7H,3-4H2,1-2H3,(H,13,16). The van der Waals surface area contributed by atoms with Gasteiger partial charge in [0.15, 0.2) is 4.77 Å². The Balaban J connectivity index is 2.89. The molecule has 0 aliphatic heterocycles. The van der Waals surface area contributed by atoms with Crippen molar-refractivity contribution in [3.8, 4) is 0 Å². The summed E-state index contributed by atoms with van der Waals surface area (Å²) in [5, 5.41) is 0.717. The van der Waals surface area contributed by atoms with E-state index in [4.69, 9.17) is 12.2 Å². The normalized spacial score (nSPS) is 10.9. The molecule has 1 heterocycles. The fourth-order valence-corrected chi connectivity index (χ4v) is 2.13. The van der Waals surface area contributed by atoms with E-state index in [0.29, 0.717) is 11.3 Å². The highest BCUT2D eigenvalue weighted by molar-refractivity contribution is 7.71. The first-order valence-corrected chi connectivity index (χ1v) is 5.84. The lowest BCUT2D eigenvalue weighted by Gasteiger charge is -2.06. The van der Waals surface area contributed by atoms with E-state index < -0.39 is 0 Å². The first kappa shape index (κ1) is 11.1. The molecule has 1 N–H and O–H groups in total. The third-order valence-corrected chi connectivity index (χ3v) is 3.09. The lowest BCUT2D eigenvalue weighted by Crippen LogP contribution is -2.21. The van der Waals surface area contributed by atoms with Gasteiger partial charge in [0.25, 0.3) is 5.56 Å². The van der Waals surface area contributed by atoms with Crippen LogP contribution in [0.2, 0.25) is 0 Å². The van der Waals surface area contributed by atoms with Gasteiger partial charge in [-0.2, -0.15) is 0 Å². The van der Waals surface area contributed by atoms with Crippen molar-refractivity contribution in [1.82, 2.24) is 9.55 Å². The highest BCUT2D eigenvalue weighted by atomic mass is 32.1. The van der Waals surface area contributed by atoms with Gasteiger partial charge < -0.3 is 4.98 Å². The van der Waals surface area contributed by atoms with E-state index in [1.165, 1.54) is 0 Å². The van der Waals surface area contributed by atoms with Crippen molar-refractivity contribution in [3.63, 3.8) is 0 Å². The number of nitrogens with zero attached hydrogens (tertiary/aromatic N) is 1. The molecule has 0 unspecified atom stereocenters. The molecule has 0 aliphatic carbocycles. The summed E-state index contributed by atoms with van der Waals surface area (Å²) in [5.41, 5.74) is 1.98. The zero-order chi connectivity index (χ0) is 11.7. The van der Waals surface area contributed by atoms with Crippen molar-refractivity contribution in [1.29, 1.82) is 0 Å². The van der Waals surface area contributed by atoms with Gasteiger partial charge in [-0.15, -0.1) is 0 Å². The molecule has 1 aromatic carbocycles. The Morgan fingerprint density at radius 2 is 2.12 bits per heavy atom. The zero-order valence-electron chi connectivity index (χ0n) is 9.41. The van der Waals surface area contributed by atoms with Crippen LogP contribution in [0.25, 0.3) is 10.9 Å². The number of nitrogens with one attached hydrogen (secondary N) is 1. The van der Waals surface area contributed by atoms with Crippen LogP contribution in [0.3, 0.4) is 0 Å². The average molecular weight is 234 g/mol. The van der Waals surface area contributed by atoms with E-state index in [-0.39, 0.29) is 5.56 Å². The summed E-state index contributed by atoms with van der Waals surface area (Å²) in [5.74, 6) is 0. The number of hydrogen-bond acceptors (Lipinski definition) is 2. The molecule has 0 amide bonds. The summed E-state index contributed by atoms with van der Waals surface area (Å²) >= 11 is 5.13. The number of aromatic amines is 1. The van der Waals surface area contributed by atoms with Crippen LogP contribution in [-0.2, 0) is 13.0 Å². The quantitative estimate of drug-likeness (QED) is 0.811. The molecule has 16 heavy (non-hydrogen) atoms. The van der Waals surface area contributed by atoms with Gasteiger partial charge in [0.2, 0.25) is 0 Å². The molecule has 84 valence electrons. The second-order valence-corrected chi connectivity index (χ2v) is 4.10. The fourth-order valence-electron chi connectivity index (χ4n) is 1.80. The van der Waals surface area contributed by atoms with E-state index in [0.717, 1.165) is 22.9 Å². The van der Waals surface area contributed by atoms with Crippen LogP contribution in [0.1, 0.15) is 19.4 Å². The van der Waals surface area contributed by atoms with Crippen molar-refractivity contribution in [2.24, 2.45) is 0 Å². The maximum atomic E-state index is 12.1. The molecule has 0 spiro atoms. The monoisotopic (exact) mass is 234 g/mol. The molecule has 0 aliphatic rings. The van der Waals surface area contributed by atoms with E-state index in [9.17, 15) is 4.79 Å². The molecular weight excluding hydrogens is 220 g/mol. The molecule has 1 aromatic heterocycles. The molecule has 3 nitrogen and oxygen atoms in total. The Bertz CT molecular complexity index is 639. The number of hydrogen-bond donors (Lipinski definition) is 1. The molecule has 0 fully saturated rings. The number of fused-ring (bicyclic) bond motifs is 1. The third kappa shape index (κ3) is 1.69. The summed E-state index contributed by atoms with van der Waals surface area (Å²) in [4.78, 5) is 15.2. The topological polar surface area (TPSA) is 37.8 Å². The maximum absolute atomic E-state index is 12.1.